The number of imide groups is 1. The third-order valence-corrected chi connectivity index (χ3v) is 2.66. The molecule has 84 valence electrons. The number of benzene rings is 1. The fourth-order valence-corrected chi connectivity index (χ4v) is 1.75. The summed E-state index contributed by atoms with van der Waals surface area (Å²) in [5.41, 5.74) is 6.33. The Kier molecular flexibility index (Phi) is 2.30. The topological polar surface area (TPSA) is 84.2 Å². The number of urea groups is 1. The molecule has 1 heterocycles. The molecule has 0 radical (unpaired) electrons. The van der Waals surface area contributed by atoms with Crippen molar-refractivity contribution in [2.45, 2.75) is 18.9 Å². The monoisotopic (exact) mass is 219 g/mol. The summed E-state index contributed by atoms with van der Waals surface area (Å²) in [6.45, 7) is 1.70. The van der Waals surface area contributed by atoms with Crippen LogP contribution in [0.2, 0.25) is 0 Å². The Morgan fingerprint density at radius 2 is 1.88 bits per heavy atom. The quantitative estimate of drug-likeness (QED) is 0.497. The molecule has 0 aliphatic carbocycles. The van der Waals surface area contributed by atoms with Gasteiger partial charge in [0, 0.05) is 12.1 Å². The molecular weight excluding hydrogens is 206 g/mol. The van der Waals surface area contributed by atoms with Crippen LogP contribution in [0.15, 0.2) is 24.3 Å². The van der Waals surface area contributed by atoms with Gasteiger partial charge in [-0.05, 0) is 24.6 Å². The second-order valence-electron chi connectivity index (χ2n) is 4.16. The van der Waals surface area contributed by atoms with Gasteiger partial charge in [-0.15, -0.1) is 0 Å². The van der Waals surface area contributed by atoms with E-state index in [4.69, 9.17) is 5.73 Å². The van der Waals surface area contributed by atoms with Crippen LogP contribution >= 0.6 is 0 Å². The molecule has 4 N–H and O–H groups in total. The Hall–Kier alpha value is -2.04. The molecule has 0 aromatic heterocycles. The van der Waals surface area contributed by atoms with Gasteiger partial charge in [-0.2, -0.15) is 0 Å². The lowest BCUT2D eigenvalue weighted by Gasteiger charge is -2.20. The third-order valence-electron chi connectivity index (χ3n) is 2.66. The van der Waals surface area contributed by atoms with Crippen LogP contribution in [0.25, 0.3) is 0 Å². The van der Waals surface area contributed by atoms with E-state index < -0.39 is 11.6 Å². The lowest BCUT2D eigenvalue weighted by atomic mass is 9.93. The summed E-state index contributed by atoms with van der Waals surface area (Å²) in [6, 6.07) is 6.79. The molecule has 16 heavy (non-hydrogen) atoms. The van der Waals surface area contributed by atoms with Gasteiger partial charge in [-0.1, -0.05) is 12.1 Å². The third kappa shape index (κ3) is 1.84. The molecule has 0 spiro atoms. The standard InChI is InChI=1S/C11H13N3O2/c1-11(9(15)13-10(16)14-11)6-7-2-4-8(12)5-3-7/h2-5H,6,12H2,1H3,(H2,13,14,15,16). The minimum Gasteiger partial charge on any atom is -0.399 e. The highest BCUT2D eigenvalue weighted by Crippen LogP contribution is 2.17. The molecule has 1 aliphatic heterocycles. The fourth-order valence-electron chi connectivity index (χ4n) is 1.75. The van der Waals surface area contributed by atoms with E-state index in [1.165, 1.54) is 0 Å². The first-order valence-corrected chi connectivity index (χ1v) is 4.98. The van der Waals surface area contributed by atoms with Crippen molar-refractivity contribution in [3.05, 3.63) is 29.8 Å². The number of carbonyl (C=O) groups is 2. The second-order valence-corrected chi connectivity index (χ2v) is 4.16. The molecule has 3 amide bonds. The van der Waals surface area contributed by atoms with Gasteiger partial charge in [0.25, 0.3) is 5.91 Å². The van der Waals surface area contributed by atoms with Crippen LogP contribution < -0.4 is 16.4 Å². The molecule has 5 nitrogen and oxygen atoms in total. The van der Waals surface area contributed by atoms with E-state index >= 15 is 0 Å². The van der Waals surface area contributed by atoms with Gasteiger partial charge >= 0.3 is 6.03 Å². The molecule has 1 aromatic rings. The largest absolute Gasteiger partial charge is 0.399 e. The summed E-state index contributed by atoms with van der Waals surface area (Å²) in [5, 5.41) is 4.84. The molecule has 1 aromatic carbocycles. The minimum atomic E-state index is -0.868. The fraction of sp³-hybridized carbons (Fsp3) is 0.273. The van der Waals surface area contributed by atoms with Gasteiger partial charge in [-0.25, -0.2) is 4.79 Å². The van der Waals surface area contributed by atoms with Gasteiger partial charge in [0.1, 0.15) is 5.54 Å². The van der Waals surface area contributed by atoms with Crippen LogP contribution in [0, 0.1) is 0 Å². The molecule has 1 fully saturated rings. The predicted octanol–water partition coefficient (Wildman–Crippen LogP) is 0.409. The van der Waals surface area contributed by atoms with Crippen LogP contribution in [-0.2, 0) is 11.2 Å². The van der Waals surface area contributed by atoms with Crippen LogP contribution in [0.1, 0.15) is 12.5 Å². The molecule has 0 saturated carbocycles. The van der Waals surface area contributed by atoms with Crippen molar-refractivity contribution in [2.24, 2.45) is 0 Å². The van der Waals surface area contributed by atoms with Gasteiger partial charge < -0.3 is 11.1 Å². The number of nitrogens with two attached hydrogens (primary N) is 1. The van der Waals surface area contributed by atoms with E-state index in [9.17, 15) is 9.59 Å². The number of hydrogen-bond donors (Lipinski definition) is 3. The minimum absolute atomic E-state index is 0.297. The maximum Gasteiger partial charge on any atom is 0.322 e. The van der Waals surface area contributed by atoms with Crippen LogP contribution in [0.4, 0.5) is 10.5 Å². The number of hydrogen-bond acceptors (Lipinski definition) is 3. The molecule has 0 bridgehead atoms. The van der Waals surface area contributed by atoms with Gasteiger partial charge in [0.05, 0.1) is 0 Å². The van der Waals surface area contributed by atoms with Gasteiger partial charge in [0.15, 0.2) is 0 Å². The smallest absolute Gasteiger partial charge is 0.322 e. The first kappa shape index (κ1) is 10.5. The van der Waals surface area contributed by atoms with Gasteiger partial charge in [-0.3, -0.25) is 10.1 Å². The Labute approximate surface area is 93.0 Å². The summed E-state index contributed by atoms with van der Waals surface area (Å²) < 4.78 is 0. The van der Waals surface area contributed by atoms with E-state index in [0.29, 0.717) is 12.1 Å². The number of nitrogen functional groups attached to an aromatic ring is 1. The lowest BCUT2D eigenvalue weighted by Crippen LogP contribution is -2.45. The van der Waals surface area contributed by atoms with Crippen molar-refractivity contribution in [1.29, 1.82) is 0 Å². The first-order chi connectivity index (χ1) is 7.49. The zero-order valence-corrected chi connectivity index (χ0v) is 8.91. The Morgan fingerprint density at radius 3 is 2.38 bits per heavy atom. The zero-order valence-electron chi connectivity index (χ0n) is 8.91. The highest BCUT2D eigenvalue weighted by atomic mass is 16.2. The Balaban J connectivity index is 2.18. The lowest BCUT2D eigenvalue weighted by molar-refractivity contribution is -0.123. The molecule has 1 saturated heterocycles. The highest BCUT2D eigenvalue weighted by molar-refractivity contribution is 6.06. The van der Waals surface area contributed by atoms with Gasteiger partial charge in [0.2, 0.25) is 0 Å². The van der Waals surface area contributed by atoms with Crippen molar-refractivity contribution in [1.82, 2.24) is 10.6 Å². The number of nitrogens with one attached hydrogen (secondary N) is 2. The van der Waals surface area contributed by atoms with E-state index in [1.54, 1.807) is 19.1 Å². The Morgan fingerprint density at radius 1 is 1.25 bits per heavy atom. The predicted molar refractivity (Wildman–Crippen MR) is 59.6 cm³/mol. The van der Waals surface area contributed by atoms with Crippen molar-refractivity contribution < 1.29 is 9.59 Å². The first-order valence-electron chi connectivity index (χ1n) is 4.98. The molecule has 1 atom stereocenters. The van der Waals surface area contributed by atoms with E-state index in [2.05, 4.69) is 10.6 Å². The van der Waals surface area contributed by atoms with Crippen molar-refractivity contribution in [2.75, 3.05) is 5.73 Å². The number of carbonyl (C=O) groups excluding carboxylic acids is 2. The molecule has 2 rings (SSSR count). The molecule has 1 aliphatic rings. The summed E-state index contributed by atoms with van der Waals surface area (Å²) in [4.78, 5) is 22.6. The maximum absolute atomic E-state index is 11.6. The van der Waals surface area contributed by atoms with E-state index in [0.717, 1.165) is 5.56 Å². The maximum atomic E-state index is 11.6. The summed E-state index contributed by atoms with van der Waals surface area (Å²) in [5.74, 6) is -0.297. The molecular formula is C11H13N3O2. The van der Waals surface area contributed by atoms with Crippen LogP contribution in [0.5, 0.6) is 0 Å². The molecule has 1 unspecified atom stereocenters. The van der Waals surface area contributed by atoms with Crippen molar-refractivity contribution in [3.8, 4) is 0 Å². The second kappa shape index (κ2) is 3.52. The SMILES string of the molecule is CC1(Cc2ccc(N)cc2)NC(=O)NC1=O. The normalized spacial score (nSPS) is 24.1. The van der Waals surface area contributed by atoms with Crippen molar-refractivity contribution in [3.63, 3.8) is 0 Å². The average molecular weight is 219 g/mol. The number of amides is 3. The summed E-state index contributed by atoms with van der Waals surface area (Å²) in [7, 11) is 0. The highest BCUT2D eigenvalue weighted by Gasteiger charge is 2.41. The average Bonchev–Trinajstić information content (AvgIpc) is 2.44. The number of rotatable bonds is 2. The summed E-state index contributed by atoms with van der Waals surface area (Å²) >= 11 is 0. The molecule has 5 heteroatoms. The van der Waals surface area contributed by atoms with Crippen LogP contribution in [-0.4, -0.2) is 17.5 Å². The van der Waals surface area contributed by atoms with Crippen LogP contribution in [0.3, 0.4) is 0 Å². The zero-order chi connectivity index (χ0) is 11.8. The summed E-state index contributed by atoms with van der Waals surface area (Å²) in [6.07, 6.45) is 0.449. The van der Waals surface area contributed by atoms with Crippen molar-refractivity contribution >= 4 is 17.6 Å². The Bertz CT molecular complexity index is 441. The van der Waals surface area contributed by atoms with E-state index in [1.807, 2.05) is 12.1 Å². The van der Waals surface area contributed by atoms with E-state index in [-0.39, 0.29) is 5.91 Å². The number of anilines is 1.